The molecule has 0 bridgehead atoms. The summed E-state index contributed by atoms with van der Waals surface area (Å²) in [5, 5.41) is 3.46. The van der Waals surface area contributed by atoms with E-state index in [-0.39, 0.29) is 17.7 Å². The number of hydrogen-bond donors (Lipinski definition) is 1. The number of amides is 3. The van der Waals surface area contributed by atoms with Gasteiger partial charge in [0.1, 0.15) is 6.04 Å². The SMILES string of the molecule is O=C(NC(C(=O)N1CCN(C(=O)c2ccc(Cl)cc2)CC1)c1ccccc1)c1ccccc1. The Hall–Kier alpha value is -3.64. The quantitative estimate of drug-likeness (QED) is 0.628. The Balaban J connectivity index is 1.45. The molecule has 33 heavy (non-hydrogen) atoms. The van der Waals surface area contributed by atoms with Crippen LogP contribution in [-0.4, -0.2) is 53.7 Å². The van der Waals surface area contributed by atoms with Crippen LogP contribution in [0.1, 0.15) is 32.3 Å². The zero-order valence-corrected chi connectivity index (χ0v) is 18.7. The summed E-state index contributed by atoms with van der Waals surface area (Å²) in [6.45, 7) is 1.62. The third-order valence-electron chi connectivity index (χ3n) is 5.66. The molecule has 1 aliphatic heterocycles. The molecule has 1 N–H and O–H groups in total. The predicted octanol–water partition coefficient (Wildman–Crippen LogP) is 3.80. The summed E-state index contributed by atoms with van der Waals surface area (Å²) < 4.78 is 0. The molecule has 1 fully saturated rings. The Kier molecular flexibility index (Phi) is 7.05. The fourth-order valence-corrected chi connectivity index (χ4v) is 3.95. The molecule has 3 aromatic carbocycles. The molecule has 0 radical (unpaired) electrons. The number of carbonyl (C=O) groups excluding carboxylic acids is 3. The molecule has 168 valence electrons. The smallest absolute Gasteiger partial charge is 0.253 e. The number of nitrogens with zero attached hydrogens (tertiary/aromatic N) is 2. The summed E-state index contributed by atoms with van der Waals surface area (Å²) in [5.41, 5.74) is 1.77. The highest BCUT2D eigenvalue weighted by atomic mass is 35.5. The van der Waals surface area contributed by atoms with Gasteiger partial charge in [0.05, 0.1) is 0 Å². The second-order valence-electron chi connectivity index (χ2n) is 7.81. The second-order valence-corrected chi connectivity index (χ2v) is 8.24. The largest absolute Gasteiger partial charge is 0.337 e. The highest BCUT2D eigenvalue weighted by Crippen LogP contribution is 2.19. The Morgan fingerprint density at radius 1 is 0.697 bits per heavy atom. The molecule has 7 heteroatoms. The molecule has 1 saturated heterocycles. The zero-order chi connectivity index (χ0) is 23.2. The summed E-state index contributed by atoms with van der Waals surface area (Å²) in [6.07, 6.45) is 0. The summed E-state index contributed by atoms with van der Waals surface area (Å²) in [7, 11) is 0. The fraction of sp³-hybridized carbons (Fsp3) is 0.192. The average Bonchev–Trinajstić information content (AvgIpc) is 2.88. The van der Waals surface area contributed by atoms with E-state index in [2.05, 4.69) is 5.32 Å². The molecule has 0 saturated carbocycles. The molecular weight excluding hydrogens is 438 g/mol. The molecule has 0 aromatic heterocycles. The lowest BCUT2D eigenvalue weighted by molar-refractivity contribution is -0.134. The maximum atomic E-state index is 13.4. The minimum Gasteiger partial charge on any atom is -0.337 e. The predicted molar refractivity (Wildman–Crippen MR) is 127 cm³/mol. The first kappa shape index (κ1) is 22.6. The van der Waals surface area contributed by atoms with Gasteiger partial charge in [0.15, 0.2) is 0 Å². The van der Waals surface area contributed by atoms with E-state index in [1.165, 1.54) is 0 Å². The van der Waals surface area contributed by atoms with Crippen LogP contribution < -0.4 is 5.32 Å². The van der Waals surface area contributed by atoms with E-state index in [1.54, 1.807) is 58.3 Å². The van der Waals surface area contributed by atoms with Gasteiger partial charge in [0.2, 0.25) is 5.91 Å². The normalized spacial score (nSPS) is 14.5. The first-order chi connectivity index (χ1) is 16.0. The van der Waals surface area contributed by atoms with Gasteiger partial charge in [-0.15, -0.1) is 0 Å². The lowest BCUT2D eigenvalue weighted by Crippen LogP contribution is -2.53. The van der Waals surface area contributed by atoms with Crippen molar-refractivity contribution in [3.05, 3.63) is 107 Å². The van der Waals surface area contributed by atoms with Crippen LogP contribution in [0.2, 0.25) is 5.02 Å². The van der Waals surface area contributed by atoms with E-state index in [4.69, 9.17) is 11.6 Å². The van der Waals surface area contributed by atoms with Crippen LogP contribution in [0.25, 0.3) is 0 Å². The van der Waals surface area contributed by atoms with Crippen molar-refractivity contribution in [2.45, 2.75) is 6.04 Å². The summed E-state index contributed by atoms with van der Waals surface area (Å²) in [4.78, 5) is 42.4. The Bertz CT molecular complexity index is 1110. The number of piperazine rings is 1. The topological polar surface area (TPSA) is 69.7 Å². The molecule has 1 aliphatic rings. The monoisotopic (exact) mass is 461 g/mol. The molecular formula is C26H24ClN3O3. The number of carbonyl (C=O) groups is 3. The highest BCUT2D eigenvalue weighted by Gasteiger charge is 2.31. The molecule has 1 heterocycles. The third kappa shape index (κ3) is 5.41. The molecule has 0 spiro atoms. The van der Waals surface area contributed by atoms with Gasteiger partial charge in [0.25, 0.3) is 11.8 Å². The molecule has 1 atom stereocenters. The minimum atomic E-state index is -0.808. The molecule has 1 unspecified atom stereocenters. The molecule has 3 aromatic rings. The summed E-state index contributed by atoms with van der Waals surface area (Å²) >= 11 is 5.91. The van der Waals surface area contributed by atoms with Crippen LogP contribution in [0.4, 0.5) is 0 Å². The maximum Gasteiger partial charge on any atom is 0.253 e. The number of rotatable bonds is 5. The van der Waals surface area contributed by atoms with Crippen molar-refractivity contribution in [2.75, 3.05) is 26.2 Å². The van der Waals surface area contributed by atoms with Gasteiger partial charge in [-0.05, 0) is 42.0 Å². The highest BCUT2D eigenvalue weighted by molar-refractivity contribution is 6.30. The Morgan fingerprint density at radius 2 is 1.24 bits per heavy atom. The molecule has 4 rings (SSSR count). The van der Waals surface area contributed by atoms with E-state index >= 15 is 0 Å². The zero-order valence-electron chi connectivity index (χ0n) is 18.0. The van der Waals surface area contributed by atoms with Crippen LogP contribution in [-0.2, 0) is 4.79 Å². The third-order valence-corrected chi connectivity index (χ3v) is 5.91. The lowest BCUT2D eigenvalue weighted by Gasteiger charge is -2.36. The van der Waals surface area contributed by atoms with Crippen molar-refractivity contribution in [3.63, 3.8) is 0 Å². The maximum absolute atomic E-state index is 13.4. The van der Waals surface area contributed by atoms with E-state index in [1.807, 2.05) is 36.4 Å². The van der Waals surface area contributed by atoms with Crippen LogP contribution in [0, 0.1) is 0 Å². The first-order valence-corrected chi connectivity index (χ1v) is 11.2. The lowest BCUT2D eigenvalue weighted by atomic mass is 10.0. The molecule has 6 nitrogen and oxygen atoms in total. The van der Waals surface area contributed by atoms with Crippen molar-refractivity contribution in [1.82, 2.24) is 15.1 Å². The van der Waals surface area contributed by atoms with Gasteiger partial charge in [-0.25, -0.2) is 0 Å². The number of nitrogens with one attached hydrogen (secondary N) is 1. The van der Waals surface area contributed by atoms with Crippen LogP contribution >= 0.6 is 11.6 Å². The van der Waals surface area contributed by atoms with Crippen molar-refractivity contribution in [2.24, 2.45) is 0 Å². The van der Waals surface area contributed by atoms with Gasteiger partial charge in [0, 0.05) is 42.3 Å². The van der Waals surface area contributed by atoms with E-state index < -0.39 is 6.04 Å². The van der Waals surface area contributed by atoms with E-state index in [0.29, 0.717) is 47.9 Å². The Morgan fingerprint density at radius 3 is 1.85 bits per heavy atom. The van der Waals surface area contributed by atoms with E-state index in [0.717, 1.165) is 0 Å². The summed E-state index contributed by atoms with van der Waals surface area (Å²) in [5.74, 6) is -0.589. The van der Waals surface area contributed by atoms with Crippen LogP contribution in [0.3, 0.4) is 0 Å². The minimum absolute atomic E-state index is 0.0873. The van der Waals surface area contributed by atoms with Gasteiger partial charge < -0.3 is 15.1 Å². The standard InChI is InChI=1S/C26H24ClN3O3/c27-22-13-11-21(12-14-22)25(32)29-15-17-30(18-16-29)26(33)23(19-7-3-1-4-8-19)28-24(31)20-9-5-2-6-10-20/h1-14,23H,15-18H2,(H,28,31). The van der Waals surface area contributed by atoms with Crippen molar-refractivity contribution in [1.29, 1.82) is 0 Å². The van der Waals surface area contributed by atoms with Gasteiger partial charge in [-0.3, -0.25) is 14.4 Å². The van der Waals surface area contributed by atoms with Crippen molar-refractivity contribution in [3.8, 4) is 0 Å². The molecule has 3 amide bonds. The van der Waals surface area contributed by atoms with Gasteiger partial charge >= 0.3 is 0 Å². The van der Waals surface area contributed by atoms with E-state index in [9.17, 15) is 14.4 Å². The van der Waals surface area contributed by atoms with Crippen molar-refractivity contribution < 1.29 is 14.4 Å². The average molecular weight is 462 g/mol. The van der Waals surface area contributed by atoms with Crippen LogP contribution in [0.5, 0.6) is 0 Å². The molecule has 0 aliphatic carbocycles. The van der Waals surface area contributed by atoms with Gasteiger partial charge in [-0.2, -0.15) is 0 Å². The Labute approximate surface area is 197 Å². The number of halogens is 1. The number of hydrogen-bond acceptors (Lipinski definition) is 3. The number of benzene rings is 3. The fourth-order valence-electron chi connectivity index (χ4n) is 3.82. The van der Waals surface area contributed by atoms with Gasteiger partial charge in [-0.1, -0.05) is 60.1 Å². The second kappa shape index (κ2) is 10.3. The van der Waals surface area contributed by atoms with Crippen LogP contribution in [0.15, 0.2) is 84.9 Å². The summed E-state index contributed by atoms with van der Waals surface area (Å²) in [6, 6.07) is 24.0. The van der Waals surface area contributed by atoms with Crippen molar-refractivity contribution >= 4 is 29.3 Å². The first-order valence-electron chi connectivity index (χ1n) is 10.8.